The molecule has 0 spiro atoms. The summed E-state index contributed by atoms with van der Waals surface area (Å²) in [7, 11) is -0.921. The van der Waals surface area contributed by atoms with E-state index in [1.54, 1.807) is 0 Å². The first-order valence-corrected chi connectivity index (χ1v) is 8.85. The normalized spacial score (nSPS) is 27.2. The lowest BCUT2D eigenvalue weighted by molar-refractivity contribution is 0.213. The molecule has 1 N–H and O–H groups in total. The van der Waals surface area contributed by atoms with E-state index in [0.717, 1.165) is 24.3 Å². The van der Waals surface area contributed by atoms with Crippen molar-refractivity contribution in [1.82, 2.24) is 5.32 Å². The molecule has 112 valence electrons. The lowest BCUT2D eigenvalue weighted by Crippen LogP contribution is -2.48. The molecular weight excluding hydrogens is 266 g/mol. The van der Waals surface area contributed by atoms with Gasteiger partial charge in [-0.05, 0) is 55.8 Å². The lowest BCUT2D eigenvalue weighted by Gasteiger charge is -2.40. The van der Waals surface area contributed by atoms with Gasteiger partial charge in [-0.1, -0.05) is 32.9 Å². The van der Waals surface area contributed by atoms with Crippen molar-refractivity contribution in [2.75, 3.05) is 6.54 Å². The van der Waals surface area contributed by atoms with Crippen LogP contribution in [-0.2, 0) is 10.8 Å². The van der Waals surface area contributed by atoms with Gasteiger partial charge in [0.2, 0.25) is 0 Å². The molecule has 1 aliphatic rings. The van der Waals surface area contributed by atoms with Crippen LogP contribution in [0.2, 0.25) is 0 Å². The van der Waals surface area contributed by atoms with E-state index in [9.17, 15) is 4.21 Å². The van der Waals surface area contributed by atoms with Crippen molar-refractivity contribution in [1.29, 1.82) is 0 Å². The Labute approximate surface area is 125 Å². The van der Waals surface area contributed by atoms with Gasteiger partial charge in [-0.2, -0.15) is 0 Å². The van der Waals surface area contributed by atoms with Crippen molar-refractivity contribution in [2.24, 2.45) is 5.41 Å². The number of hydrogen-bond donors (Lipinski definition) is 1. The Morgan fingerprint density at radius 1 is 1.40 bits per heavy atom. The topological polar surface area (TPSA) is 29.1 Å². The maximum atomic E-state index is 13.0. The Balaban J connectivity index is 2.23. The van der Waals surface area contributed by atoms with Gasteiger partial charge < -0.3 is 5.32 Å². The minimum Gasteiger partial charge on any atom is -0.313 e. The fourth-order valence-electron chi connectivity index (χ4n) is 3.16. The van der Waals surface area contributed by atoms with Crippen molar-refractivity contribution in [2.45, 2.75) is 63.1 Å². The summed E-state index contributed by atoms with van der Waals surface area (Å²) < 4.78 is 13.0. The molecule has 3 atom stereocenters. The van der Waals surface area contributed by atoms with Crippen molar-refractivity contribution in [3.05, 3.63) is 29.8 Å². The zero-order valence-electron chi connectivity index (χ0n) is 13.1. The Hall–Kier alpha value is -0.670. The molecule has 0 aromatic heterocycles. The van der Waals surface area contributed by atoms with Crippen LogP contribution in [0, 0.1) is 12.3 Å². The second-order valence-corrected chi connectivity index (χ2v) is 8.40. The van der Waals surface area contributed by atoms with E-state index in [1.807, 2.05) is 12.1 Å². The second-order valence-electron chi connectivity index (χ2n) is 6.72. The Bertz CT molecular complexity index is 484. The van der Waals surface area contributed by atoms with Crippen LogP contribution in [0.1, 0.15) is 45.6 Å². The predicted molar refractivity (Wildman–Crippen MR) is 86.5 cm³/mol. The molecule has 3 unspecified atom stereocenters. The summed E-state index contributed by atoms with van der Waals surface area (Å²) in [5.74, 6) is 0. The number of benzene rings is 1. The van der Waals surface area contributed by atoms with Crippen LogP contribution in [0.4, 0.5) is 0 Å². The average molecular weight is 293 g/mol. The first-order valence-electron chi connectivity index (χ1n) is 7.63. The molecule has 20 heavy (non-hydrogen) atoms. The molecule has 1 aliphatic carbocycles. The second kappa shape index (κ2) is 6.40. The molecule has 0 amide bonds. The number of nitrogens with one attached hydrogen (secondary N) is 1. The third-order valence-electron chi connectivity index (χ3n) is 4.30. The number of rotatable bonds is 4. The zero-order chi connectivity index (χ0) is 14.8. The van der Waals surface area contributed by atoms with Gasteiger partial charge in [0.1, 0.15) is 0 Å². The molecule has 1 saturated carbocycles. The molecule has 1 aromatic rings. The Kier molecular flexibility index (Phi) is 5.03. The highest BCUT2D eigenvalue weighted by Crippen LogP contribution is 2.38. The summed E-state index contributed by atoms with van der Waals surface area (Å²) in [6, 6.07) is 8.54. The maximum Gasteiger partial charge on any atom is 0.0576 e. The molecule has 0 saturated heterocycles. The predicted octanol–water partition coefficient (Wildman–Crippen LogP) is 3.66. The van der Waals surface area contributed by atoms with Crippen molar-refractivity contribution >= 4 is 10.8 Å². The third-order valence-corrected chi connectivity index (χ3v) is 6.06. The summed E-state index contributed by atoms with van der Waals surface area (Å²) in [5.41, 5.74) is 1.49. The van der Waals surface area contributed by atoms with E-state index in [-0.39, 0.29) is 5.25 Å². The Morgan fingerprint density at radius 3 is 2.80 bits per heavy atom. The van der Waals surface area contributed by atoms with E-state index >= 15 is 0 Å². The molecule has 1 aromatic carbocycles. The van der Waals surface area contributed by atoms with E-state index in [1.165, 1.54) is 12.0 Å². The van der Waals surface area contributed by atoms with Crippen molar-refractivity contribution < 1.29 is 4.21 Å². The number of hydrogen-bond acceptors (Lipinski definition) is 2. The van der Waals surface area contributed by atoms with Gasteiger partial charge in [0.15, 0.2) is 0 Å². The Morgan fingerprint density at radius 2 is 2.15 bits per heavy atom. The molecule has 1 fully saturated rings. The van der Waals surface area contributed by atoms with Crippen molar-refractivity contribution in [3.8, 4) is 0 Å². The minimum absolute atomic E-state index is 0.223. The average Bonchev–Trinajstić information content (AvgIpc) is 2.40. The standard InChI is InChI=1S/C17H27NOS/c1-5-18-15-9-10-17(3,4)12-16(15)20(19)14-8-6-7-13(2)11-14/h6-8,11,15-16,18H,5,9-10,12H2,1-4H3. The highest BCUT2D eigenvalue weighted by Gasteiger charge is 2.38. The minimum atomic E-state index is -0.921. The first-order chi connectivity index (χ1) is 9.43. The van der Waals surface area contributed by atoms with Gasteiger partial charge in [-0.15, -0.1) is 0 Å². The van der Waals surface area contributed by atoms with E-state index in [0.29, 0.717) is 11.5 Å². The molecule has 0 aliphatic heterocycles. The molecule has 0 bridgehead atoms. The van der Waals surface area contributed by atoms with Crippen LogP contribution < -0.4 is 5.32 Å². The van der Waals surface area contributed by atoms with Crippen LogP contribution in [0.15, 0.2) is 29.2 Å². The van der Waals surface area contributed by atoms with Gasteiger partial charge in [0.25, 0.3) is 0 Å². The van der Waals surface area contributed by atoms with Crippen LogP contribution in [0.25, 0.3) is 0 Å². The fourth-order valence-corrected chi connectivity index (χ4v) is 5.15. The summed E-state index contributed by atoms with van der Waals surface area (Å²) in [6.07, 6.45) is 3.38. The van der Waals surface area contributed by atoms with Gasteiger partial charge in [0.05, 0.1) is 16.0 Å². The largest absolute Gasteiger partial charge is 0.313 e. The van der Waals surface area contributed by atoms with Crippen LogP contribution in [0.3, 0.4) is 0 Å². The molecule has 2 rings (SSSR count). The van der Waals surface area contributed by atoms with E-state index in [2.05, 4.69) is 45.1 Å². The van der Waals surface area contributed by atoms with E-state index < -0.39 is 10.8 Å². The lowest BCUT2D eigenvalue weighted by atomic mass is 9.75. The van der Waals surface area contributed by atoms with Crippen LogP contribution >= 0.6 is 0 Å². The van der Waals surface area contributed by atoms with Gasteiger partial charge in [0, 0.05) is 10.9 Å². The fraction of sp³-hybridized carbons (Fsp3) is 0.647. The van der Waals surface area contributed by atoms with E-state index in [4.69, 9.17) is 0 Å². The van der Waals surface area contributed by atoms with Crippen LogP contribution in [0.5, 0.6) is 0 Å². The summed E-state index contributed by atoms with van der Waals surface area (Å²) >= 11 is 0. The molecule has 2 nitrogen and oxygen atoms in total. The SMILES string of the molecule is CCNC1CCC(C)(C)CC1S(=O)c1cccc(C)c1. The van der Waals surface area contributed by atoms with Gasteiger partial charge >= 0.3 is 0 Å². The number of aryl methyl sites for hydroxylation is 1. The molecule has 0 heterocycles. The molecule has 3 heteroatoms. The summed E-state index contributed by atoms with van der Waals surface area (Å²) in [5, 5.41) is 3.77. The van der Waals surface area contributed by atoms with Gasteiger partial charge in [-0.25, -0.2) is 0 Å². The quantitative estimate of drug-likeness (QED) is 0.918. The zero-order valence-corrected chi connectivity index (χ0v) is 13.9. The molecular formula is C17H27NOS. The van der Waals surface area contributed by atoms with Crippen LogP contribution in [-0.4, -0.2) is 22.0 Å². The first kappa shape index (κ1) is 15.7. The van der Waals surface area contributed by atoms with Crippen molar-refractivity contribution in [3.63, 3.8) is 0 Å². The molecule has 0 radical (unpaired) electrons. The highest BCUT2D eigenvalue weighted by molar-refractivity contribution is 7.85. The smallest absolute Gasteiger partial charge is 0.0576 e. The summed E-state index contributed by atoms with van der Waals surface area (Å²) in [6.45, 7) is 9.75. The monoisotopic (exact) mass is 293 g/mol. The summed E-state index contributed by atoms with van der Waals surface area (Å²) in [4.78, 5) is 0.982. The highest BCUT2D eigenvalue weighted by atomic mass is 32.2. The third kappa shape index (κ3) is 3.70. The maximum absolute atomic E-state index is 13.0. The van der Waals surface area contributed by atoms with Gasteiger partial charge in [-0.3, -0.25) is 4.21 Å².